The number of unbranched alkanes of at least 4 members (excludes halogenated alkanes) is 1. The average molecular weight is 419 g/mol. The molecule has 0 saturated carbocycles. The summed E-state index contributed by atoms with van der Waals surface area (Å²) in [6, 6.07) is 11.0. The summed E-state index contributed by atoms with van der Waals surface area (Å²) in [6.45, 7) is 3.60. The number of nitrogens with zero attached hydrogens (tertiary/aromatic N) is 4. The Bertz CT molecular complexity index is 944. The summed E-state index contributed by atoms with van der Waals surface area (Å²) in [5, 5.41) is 11.5. The van der Waals surface area contributed by atoms with Crippen LogP contribution in [-0.4, -0.2) is 38.0 Å². The Morgan fingerprint density at radius 2 is 1.79 bits per heavy atom. The largest absolute Gasteiger partial charge is 0.351 e. The van der Waals surface area contributed by atoms with Crippen LogP contribution in [0.15, 0.2) is 47.4 Å². The van der Waals surface area contributed by atoms with Gasteiger partial charge in [-0.15, -0.1) is 0 Å². The van der Waals surface area contributed by atoms with Crippen LogP contribution < -0.4 is 9.21 Å². The summed E-state index contributed by atoms with van der Waals surface area (Å²) in [6.07, 6.45) is 4.42. The number of hydrogen-bond acceptors (Lipinski definition) is 6. The third-order valence-electron chi connectivity index (χ3n) is 4.99. The van der Waals surface area contributed by atoms with Crippen molar-refractivity contribution in [3.05, 3.63) is 52.6 Å². The van der Waals surface area contributed by atoms with Gasteiger partial charge in [-0.1, -0.05) is 31.5 Å². The van der Waals surface area contributed by atoms with Gasteiger partial charge in [-0.3, -0.25) is 10.1 Å². The molecule has 1 aromatic carbocycles. The van der Waals surface area contributed by atoms with Gasteiger partial charge >= 0.3 is 5.69 Å². The second-order valence-electron chi connectivity index (χ2n) is 7.06. The van der Waals surface area contributed by atoms with Gasteiger partial charge in [-0.25, -0.2) is 17.7 Å². The van der Waals surface area contributed by atoms with E-state index in [0.717, 1.165) is 25.7 Å². The van der Waals surface area contributed by atoms with Crippen LogP contribution in [0.4, 0.5) is 17.3 Å². The molecule has 0 spiro atoms. The maximum absolute atomic E-state index is 13.3. The molecule has 0 radical (unpaired) electrons. The number of piperidine rings is 1. The highest BCUT2D eigenvalue weighted by Gasteiger charge is 2.29. The topological polar surface area (TPSA) is 96.7 Å². The van der Waals surface area contributed by atoms with E-state index < -0.39 is 14.9 Å². The van der Waals surface area contributed by atoms with E-state index >= 15 is 0 Å². The summed E-state index contributed by atoms with van der Waals surface area (Å²) in [4.78, 5) is 17.6. The van der Waals surface area contributed by atoms with Gasteiger partial charge in [0.25, 0.3) is 10.0 Å². The number of anilines is 2. The van der Waals surface area contributed by atoms with Crippen LogP contribution in [0.25, 0.3) is 0 Å². The zero-order valence-corrected chi connectivity index (χ0v) is 17.3. The van der Waals surface area contributed by atoms with E-state index in [4.69, 9.17) is 0 Å². The van der Waals surface area contributed by atoms with Crippen molar-refractivity contribution < 1.29 is 13.3 Å². The molecule has 1 saturated heterocycles. The van der Waals surface area contributed by atoms with Crippen molar-refractivity contribution in [3.63, 3.8) is 0 Å². The van der Waals surface area contributed by atoms with Gasteiger partial charge in [-0.05, 0) is 43.9 Å². The monoisotopic (exact) mass is 418 g/mol. The van der Waals surface area contributed by atoms with Gasteiger partial charge in [0.1, 0.15) is 5.82 Å². The molecule has 1 fully saturated rings. The maximum atomic E-state index is 13.3. The number of pyridine rings is 1. The third kappa shape index (κ3) is 4.67. The standard InChI is InChI=1S/C20H26N4O4S/c1-2-3-16-23(29(27,28)17-10-6-4-7-11-17)19-13-12-18(24(25)26)20(21-19)22-14-8-5-9-15-22/h4,6-7,10-13H,2-3,5,8-9,14-16H2,1H3. The first kappa shape index (κ1) is 21.0. The van der Waals surface area contributed by atoms with Gasteiger partial charge < -0.3 is 4.90 Å². The molecule has 9 heteroatoms. The van der Waals surface area contributed by atoms with E-state index in [9.17, 15) is 18.5 Å². The molecule has 1 aliphatic rings. The predicted molar refractivity (Wildman–Crippen MR) is 113 cm³/mol. The lowest BCUT2D eigenvalue weighted by Crippen LogP contribution is -2.34. The quantitative estimate of drug-likeness (QED) is 0.475. The van der Waals surface area contributed by atoms with Crippen LogP contribution in [0.3, 0.4) is 0 Å². The Balaban J connectivity index is 2.07. The lowest BCUT2D eigenvalue weighted by molar-refractivity contribution is -0.384. The maximum Gasteiger partial charge on any atom is 0.311 e. The summed E-state index contributed by atoms with van der Waals surface area (Å²) in [5.41, 5.74) is -0.0943. The third-order valence-corrected chi connectivity index (χ3v) is 6.81. The van der Waals surface area contributed by atoms with E-state index in [2.05, 4.69) is 4.98 Å². The second kappa shape index (κ2) is 9.21. The molecule has 0 bridgehead atoms. The molecule has 29 heavy (non-hydrogen) atoms. The minimum absolute atomic E-state index is 0.0943. The van der Waals surface area contributed by atoms with Gasteiger partial charge in [-0.2, -0.15) is 0 Å². The zero-order chi connectivity index (χ0) is 20.9. The van der Waals surface area contributed by atoms with Crippen LogP contribution in [0.1, 0.15) is 39.0 Å². The number of nitro groups is 1. The van der Waals surface area contributed by atoms with Crippen molar-refractivity contribution in [1.82, 2.24) is 4.98 Å². The fourth-order valence-corrected chi connectivity index (χ4v) is 4.90. The molecule has 1 aliphatic heterocycles. The summed E-state index contributed by atoms with van der Waals surface area (Å²) < 4.78 is 27.8. The number of hydrogen-bond donors (Lipinski definition) is 0. The summed E-state index contributed by atoms with van der Waals surface area (Å²) in [5.74, 6) is 0.463. The van der Waals surface area contributed by atoms with Crippen LogP contribution in [0.2, 0.25) is 0 Å². The SMILES string of the molecule is CCCCN(c1ccc([N+](=O)[O-])c(N2CCCCC2)n1)S(=O)(=O)c1ccccc1. The molecule has 0 N–H and O–H groups in total. The van der Waals surface area contributed by atoms with Crippen LogP contribution in [0, 0.1) is 10.1 Å². The van der Waals surface area contributed by atoms with Gasteiger partial charge in [0.2, 0.25) is 5.82 Å². The predicted octanol–water partition coefficient (Wildman–Crippen LogP) is 3.98. The lowest BCUT2D eigenvalue weighted by Gasteiger charge is -2.29. The van der Waals surface area contributed by atoms with Gasteiger partial charge in [0.15, 0.2) is 0 Å². The molecular weight excluding hydrogens is 392 g/mol. The van der Waals surface area contributed by atoms with Crippen molar-refractivity contribution in [2.24, 2.45) is 0 Å². The molecule has 8 nitrogen and oxygen atoms in total. The molecule has 2 heterocycles. The van der Waals surface area contributed by atoms with E-state index in [1.807, 2.05) is 11.8 Å². The summed E-state index contributed by atoms with van der Waals surface area (Å²) in [7, 11) is -3.82. The molecular formula is C20H26N4O4S. The lowest BCUT2D eigenvalue weighted by atomic mass is 10.1. The minimum Gasteiger partial charge on any atom is -0.351 e. The average Bonchev–Trinajstić information content (AvgIpc) is 2.75. The fourth-order valence-electron chi connectivity index (χ4n) is 3.43. The van der Waals surface area contributed by atoms with Gasteiger partial charge in [0, 0.05) is 25.7 Å². The van der Waals surface area contributed by atoms with Gasteiger partial charge in [0.05, 0.1) is 9.82 Å². The van der Waals surface area contributed by atoms with Crippen molar-refractivity contribution in [3.8, 4) is 0 Å². The van der Waals surface area contributed by atoms with Crippen LogP contribution in [-0.2, 0) is 10.0 Å². The number of benzene rings is 1. The molecule has 1 aromatic heterocycles. The normalized spacial score (nSPS) is 14.6. The van der Waals surface area contributed by atoms with Crippen LogP contribution >= 0.6 is 0 Å². The molecule has 2 aromatic rings. The Labute approximate surface area is 171 Å². The van der Waals surface area contributed by atoms with E-state index in [1.54, 1.807) is 30.3 Å². The fraction of sp³-hybridized carbons (Fsp3) is 0.450. The van der Waals surface area contributed by atoms with E-state index in [1.165, 1.54) is 16.4 Å². The highest BCUT2D eigenvalue weighted by Crippen LogP contribution is 2.32. The van der Waals surface area contributed by atoms with Crippen LogP contribution in [0.5, 0.6) is 0 Å². The van der Waals surface area contributed by atoms with E-state index in [0.29, 0.717) is 19.5 Å². The Morgan fingerprint density at radius 1 is 1.10 bits per heavy atom. The number of aromatic nitrogens is 1. The second-order valence-corrected chi connectivity index (χ2v) is 8.92. The Morgan fingerprint density at radius 3 is 2.41 bits per heavy atom. The Hall–Kier alpha value is -2.68. The first-order chi connectivity index (χ1) is 13.9. The minimum atomic E-state index is -3.82. The highest BCUT2D eigenvalue weighted by molar-refractivity contribution is 7.92. The highest BCUT2D eigenvalue weighted by atomic mass is 32.2. The molecule has 0 amide bonds. The zero-order valence-electron chi connectivity index (χ0n) is 16.5. The molecule has 0 atom stereocenters. The van der Waals surface area contributed by atoms with Crippen molar-refractivity contribution in [1.29, 1.82) is 0 Å². The summed E-state index contributed by atoms with van der Waals surface area (Å²) >= 11 is 0. The number of rotatable bonds is 8. The molecule has 0 aliphatic carbocycles. The molecule has 3 rings (SSSR count). The first-order valence-corrected chi connectivity index (χ1v) is 11.4. The Kier molecular flexibility index (Phi) is 6.68. The molecule has 0 unspecified atom stereocenters. The number of sulfonamides is 1. The smallest absolute Gasteiger partial charge is 0.311 e. The van der Waals surface area contributed by atoms with Crippen molar-refractivity contribution in [2.75, 3.05) is 28.8 Å². The van der Waals surface area contributed by atoms with E-state index in [-0.39, 0.29) is 28.8 Å². The van der Waals surface area contributed by atoms with Crippen molar-refractivity contribution in [2.45, 2.75) is 43.9 Å². The first-order valence-electron chi connectivity index (χ1n) is 9.93. The van der Waals surface area contributed by atoms with Crippen molar-refractivity contribution >= 4 is 27.3 Å². The molecule has 156 valence electrons.